The lowest BCUT2D eigenvalue weighted by molar-refractivity contribution is -0.149. The molecule has 0 amide bonds. The molecule has 1 heterocycles. The highest BCUT2D eigenvalue weighted by Crippen LogP contribution is 2.64. The summed E-state index contributed by atoms with van der Waals surface area (Å²) in [5.74, 6) is 2.29. The number of nitrogens with zero attached hydrogens (tertiary/aromatic N) is 2. The first-order chi connectivity index (χ1) is 17.3. The second-order valence-electron chi connectivity index (χ2n) is 13.1. The molecule has 4 heteroatoms. The second kappa shape index (κ2) is 12.5. The van der Waals surface area contributed by atoms with Crippen molar-refractivity contribution >= 4 is 0 Å². The summed E-state index contributed by atoms with van der Waals surface area (Å²) in [6.07, 6.45) is 22.9. The Hall–Kier alpha value is -1.26. The number of rotatable bonds is 12. The van der Waals surface area contributed by atoms with Crippen LogP contribution in [0.5, 0.6) is 0 Å². The van der Waals surface area contributed by atoms with E-state index in [0.717, 1.165) is 43.5 Å². The zero-order chi connectivity index (χ0) is 25.6. The van der Waals surface area contributed by atoms with E-state index in [1.54, 1.807) is 18.0 Å². The highest BCUT2D eigenvalue weighted by Gasteiger charge is 2.57. The summed E-state index contributed by atoms with van der Waals surface area (Å²) < 4.78 is 0. The van der Waals surface area contributed by atoms with Crippen molar-refractivity contribution in [1.29, 1.82) is 0 Å². The van der Waals surface area contributed by atoms with Gasteiger partial charge in [0, 0.05) is 18.6 Å². The number of unbranched alkanes of at least 4 members (excludes halogenated alkanes) is 4. The molecule has 1 aromatic rings. The van der Waals surface area contributed by atoms with Gasteiger partial charge in [-0.25, -0.2) is 0 Å². The quantitative estimate of drug-likeness (QED) is 0.236. The van der Waals surface area contributed by atoms with Gasteiger partial charge in [0.25, 0.3) is 0 Å². The molecule has 0 unspecified atom stereocenters. The monoisotopic (exact) mass is 495 g/mol. The van der Waals surface area contributed by atoms with Gasteiger partial charge < -0.3 is 10.4 Å². The van der Waals surface area contributed by atoms with Crippen molar-refractivity contribution in [2.24, 2.45) is 28.6 Å². The molecule has 0 aliphatic heterocycles. The van der Waals surface area contributed by atoms with Crippen LogP contribution in [0.1, 0.15) is 117 Å². The van der Waals surface area contributed by atoms with Crippen LogP contribution in [0, 0.1) is 28.6 Å². The van der Waals surface area contributed by atoms with E-state index in [1.165, 1.54) is 77.0 Å². The Morgan fingerprint density at radius 1 is 0.917 bits per heavy atom. The summed E-state index contributed by atoms with van der Waals surface area (Å²) in [7, 11) is 0. The highest BCUT2D eigenvalue weighted by atomic mass is 16.3. The second-order valence-corrected chi connectivity index (χ2v) is 13.1. The maximum atomic E-state index is 10.8. The number of allylic oxidation sites excluding steroid dienone is 2. The van der Waals surface area contributed by atoms with Gasteiger partial charge in [0.2, 0.25) is 0 Å². The van der Waals surface area contributed by atoms with Crippen LogP contribution in [0.15, 0.2) is 29.7 Å². The van der Waals surface area contributed by atoms with Crippen molar-refractivity contribution in [3.8, 4) is 0 Å². The van der Waals surface area contributed by atoms with Crippen molar-refractivity contribution in [2.45, 2.75) is 124 Å². The van der Waals surface area contributed by atoms with Gasteiger partial charge in [-0.05, 0) is 119 Å². The predicted octanol–water partition coefficient (Wildman–Crippen LogP) is 7.28. The Kier molecular flexibility index (Phi) is 9.66. The first kappa shape index (κ1) is 27.8. The van der Waals surface area contributed by atoms with Crippen molar-refractivity contribution in [2.75, 3.05) is 13.1 Å². The van der Waals surface area contributed by atoms with E-state index in [9.17, 15) is 5.11 Å². The van der Waals surface area contributed by atoms with Crippen molar-refractivity contribution in [3.63, 3.8) is 0 Å². The molecule has 0 aromatic carbocycles. The molecule has 3 aliphatic carbocycles. The van der Waals surface area contributed by atoms with Crippen LogP contribution >= 0.6 is 0 Å². The third kappa shape index (κ3) is 6.23. The minimum absolute atomic E-state index is 0.0643. The van der Waals surface area contributed by atoms with E-state index in [-0.39, 0.29) is 11.5 Å². The number of fused-ring (bicyclic) bond motifs is 3. The molecule has 202 valence electrons. The minimum Gasteiger partial charge on any atom is -0.393 e. The maximum Gasteiger partial charge on any atom is 0.0594 e. The summed E-state index contributed by atoms with van der Waals surface area (Å²) >= 11 is 0. The normalized spacial score (nSPS) is 31.7. The van der Waals surface area contributed by atoms with Gasteiger partial charge in [-0.15, -0.1) is 0 Å². The Morgan fingerprint density at radius 3 is 2.50 bits per heavy atom. The maximum absolute atomic E-state index is 10.8. The topological polar surface area (TPSA) is 58.0 Å². The molecule has 2 fully saturated rings. The van der Waals surface area contributed by atoms with Crippen molar-refractivity contribution in [3.05, 3.63) is 35.4 Å². The van der Waals surface area contributed by atoms with Crippen molar-refractivity contribution < 1.29 is 5.11 Å². The van der Waals surface area contributed by atoms with E-state index >= 15 is 0 Å². The van der Waals surface area contributed by atoms with E-state index in [1.807, 2.05) is 11.8 Å². The third-order valence-corrected chi connectivity index (χ3v) is 10.6. The standard InChI is InChI=1S/C32H53N3O/c1-24-13-15-28-27(14-16-29-31(2,3)30(36)17-18-32(28,29)4)26(24)12-10-20-33-19-9-7-5-6-8-11-25-23-34-21-22-35-25/h21-23,27-30,33,36H,5-20H2,1-4H3/t27-,28-,29-,30-,32+/m0/s1. The van der Waals surface area contributed by atoms with Gasteiger partial charge in [-0.2, -0.15) is 0 Å². The van der Waals surface area contributed by atoms with Crippen LogP contribution in [0.4, 0.5) is 0 Å². The van der Waals surface area contributed by atoms with Crippen LogP contribution in [-0.2, 0) is 6.42 Å². The van der Waals surface area contributed by atoms with Gasteiger partial charge in [0.15, 0.2) is 0 Å². The number of aliphatic hydroxyl groups is 1. The smallest absolute Gasteiger partial charge is 0.0594 e. The molecule has 2 N–H and O–H groups in total. The number of hydrogen-bond donors (Lipinski definition) is 2. The molecule has 36 heavy (non-hydrogen) atoms. The van der Waals surface area contributed by atoms with Crippen molar-refractivity contribution in [1.82, 2.24) is 15.3 Å². The molecule has 0 bridgehead atoms. The summed E-state index contributed by atoms with van der Waals surface area (Å²) in [4.78, 5) is 8.51. The molecule has 4 nitrogen and oxygen atoms in total. The summed E-state index contributed by atoms with van der Waals surface area (Å²) in [6.45, 7) is 12.0. The molecule has 0 saturated heterocycles. The average Bonchev–Trinajstić information content (AvgIpc) is 2.86. The minimum atomic E-state index is -0.123. The number of nitrogens with one attached hydrogen (secondary N) is 1. The first-order valence-electron chi connectivity index (χ1n) is 15.2. The highest BCUT2D eigenvalue weighted by molar-refractivity contribution is 5.24. The SMILES string of the molecule is CC1=C(CCCNCCCCCCCc2cnccn2)[C@@H]2CC[C@H]3C(C)(C)[C@@H](O)CC[C@]3(C)[C@H]2CC1. The van der Waals surface area contributed by atoms with Gasteiger partial charge in [-0.3, -0.25) is 9.97 Å². The number of aromatic nitrogens is 2. The first-order valence-corrected chi connectivity index (χ1v) is 15.2. The van der Waals surface area contributed by atoms with Gasteiger partial charge in [-0.1, -0.05) is 51.2 Å². The molecule has 5 atom stereocenters. The Bertz CT molecular complexity index is 850. The fourth-order valence-electron chi connectivity index (χ4n) is 8.50. The fourth-order valence-corrected chi connectivity index (χ4v) is 8.50. The molecular formula is C32H53N3O. The molecule has 0 spiro atoms. The summed E-state index contributed by atoms with van der Waals surface area (Å²) in [6, 6.07) is 0. The van der Waals surface area contributed by atoms with E-state index < -0.39 is 0 Å². The molecule has 3 aliphatic rings. The number of hydrogen-bond acceptors (Lipinski definition) is 4. The van der Waals surface area contributed by atoms with E-state index in [4.69, 9.17) is 0 Å². The molecule has 2 saturated carbocycles. The largest absolute Gasteiger partial charge is 0.393 e. The number of aliphatic hydroxyl groups excluding tert-OH is 1. The molecule has 4 rings (SSSR count). The van der Waals surface area contributed by atoms with Crippen LogP contribution in [-0.4, -0.2) is 34.3 Å². The molecule has 1 aromatic heterocycles. The lowest BCUT2D eigenvalue weighted by Crippen LogP contribution is -2.56. The predicted molar refractivity (Wildman–Crippen MR) is 150 cm³/mol. The van der Waals surface area contributed by atoms with Crippen LogP contribution < -0.4 is 5.32 Å². The fraction of sp³-hybridized carbons (Fsp3) is 0.812. The summed E-state index contributed by atoms with van der Waals surface area (Å²) in [5, 5.41) is 14.5. The van der Waals surface area contributed by atoms with Gasteiger partial charge in [0.05, 0.1) is 11.8 Å². The third-order valence-electron chi connectivity index (χ3n) is 10.6. The van der Waals surface area contributed by atoms with Crippen LogP contribution in [0.3, 0.4) is 0 Å². The zero-order valence-electron chi connectivity index (χ0n) is 23.7. The lowest BCUT2D eigenvalue weighted by Gasteiger charge is -2.62. The molecule has 0 radical (unpaired) electrons. The lowest BCUT2D eigenvalue weighted by atomic mass is 9.43. The van der Waals surface area contributed by atoms with Crippen LogP contribution in [0.2, 0.25) is 0 Å². The summed E-state index contributed by atoms with van der Waals surface area (Å²) in [5.41, 5.74) is 5.12. The Labute approximate surface area is 221 Å². The van der Waals surface area contributed by atoms with Crippen LogP contribution in [0.25, 0.3) is 0 Å². The average molecular weight is 496 g/mol. The molecular weight excluding hydrogens is 442 g/mol. The van der Waals surface area contributed by atoms with E-state index in [2.05, 4.69) is 43.0 Å². The Balaban J connectivity index is 1.14. The number of aryl methyl sites for hydroxylation is 1. The Morgan fingerprint density at radius 2 is 1.69 bits per heavy atom. The van der Waals surface area contributed by atoms with E-state index in [0.29, 0.717) is 11.3 Å². The van der Waals surface area contributed by atoms with Gasteiger partial charge in [0.1, 0.15) is 0 Å². The zero-order valence-corrected chi connectivity index (χ0v) is 23.7. The van der Waals surface area contributed by atoms with Gasteiger partial charge >= 0.3 is 0 Å².